The fraction of sp³-hybridized carbons (Fsp3) is 0.278. The van der Waals surface area contributed by atoms with E-state index in [4.69, 9.17) is 4.74 Å². The fourth-order valence-corrected chi connectivity index (χ4v) is 4.61. The van der Waals surface area contributed by atoms with Crippen LogP contribution in [0.4, 0.5) is 5.69 Å². The first-order valence-electron chi connectivity index (χ1n) is 7.70. The van der Waals surface area contributed by atoms with Crippen LogP contribution in [0.3, 0.4) is 0 Å². The molecule has 2 N–H and O–H groups in total. The second-order valence-electron chi connectivity index (χ2n) is 6.69. The van der Waals surface area contributed by atoms with Crippen LogP contribution >= 0.6 is 15.9 Å². The number of hydrogen-bond acceptors (Lipinski definition) is 4. The van der Waals surface area contributed by atoms with E-state index < -0.39 is 16.0 Å². The van der Waals surface area contributed by atoms with E-state index in [0.717, 1.165) is 10.0 Å². The quantitative estimate of drug-likeness (QED) is 0.722. The van der Waals surface area contributed by atoms with Crippen LogP contribution in [-0.2, 0) is 15.4 Å². The molecule has 0 aliphatic heterocycles. The molecule has 8 heteroatoms. The summed E-state index contributed by atoms with van der Waals surface area (Å²) in [5.74, 6) is -1.06. The summed E-state index contributed by atoms with van der Waals surface area (Å²) >= 11 is 3.45. The molecule has 0 bridgehead atoms. The van der Waals surface area contributed by atoms with Gasteiger partial charge in [0.2, 0.25) is 0 Å². The number of ether oxygens (including phenoxy) is 1. The first-order valence-corrected chi connectivity index (χ1v) is 9.98. The Balaban J connectivity index is 2.61. The van der Waals surface area contributed by atoms with Gasteiger partial charge in [-0.25, -0.2) is 13.2 Å². The minimum absolute atomic E-state index is 0.0118. The largest absolute Gasteiger partial charge is 0.495 e. The summed E-state index contributed by atoms with van der Waals surface area (Å²) in [6.45, 7) is 5.88. The van der Waals surface area contributed by atoms with Gasteiger partial charge < -0.3 is 9.84 Å². The van der Waals surface area contributed by atoms with E-state index in [1.807, 2.05) is 20.8 Å². The van der Waals surface area contributed by atoms with Gasteiger partial charge in [0.05, 0.1) is 18.4 Å². The highest BCUT2D eigenvalue weighted by molar-refractivity contribution is 9.10. The third kappa shape index (κ3) is 4.19. The summed E-state index contributed by atoms with van der Waals surface area (Å²) in [4.78, 5) is 11.3. The van der Waals surface area contributed by atoms with E-state index in [-0.39, 0.29) is 27.3 Å². The third-order valence-corrected chi connectivity index (χ3v) is 5.80. The van der Waals surface area contributed by atoms with Gasteiger partial charge in [0.15, 0.2) is 0 Å². The Bertz CT molecular complexity index is 949. The number of sulfonamides is 1. The summed E-state index contributed by atoms with van der Waals surface area (Å²) in [5.41, 5.74) is 0.324. The van der Waals surface area contributed by atoms with Gasteiger partial charge in [0.1, 0.15) is 10.6 Å². The van der Waals surface area contributed by atoms with E-state index >= 15 is 0 Å². The molecular formula is C18H20BrNO5S. The number of carbonyl (C=O) groups is 1. The van der Waals surface area contributed by atoms with E-state index in [1.54, 1.807) is 12.1 Å². The highest BCUT2D eigenvalue weighted by Gasteiger charge is 2.27. The highest BCUT2D eigenvalue weighted by atomic mass is 79.9. The SMILES string of the molecule is COc1cc(Br)c(C(C)(C)C)cc1S(=O)(=O)Nc1ccccc1C(=O)O. The molecule has 0 aliphatic carbocycles. The molecule has 0 fully saturated rings. The molecule has 0 radical (unpaired) electrons. The van der Waals surface area contributed by atoms with Crippen molar-refractivity contribution >= 4 is 37.6 Å². The number of methoxy groups -OCH3 is 1. The number of carboxylic acid groups (broad SMARTS) is 1. The van der Waals surface area contributed by atoms with Gasteiger partial charge in [-0.15, -0.1) is 0 Å². The van der Waals surface area contributed by atoms with Crippen molar-refractivity contribution in [2.24, 2.45) is 0 Å². The molecule has 0 saturated heterocycles. The summed E-state index contributed by atoms with van der Waals surface area (Å²) < 4.78 is 34.2. The molecule has 2 rings (SSSR count). The first-order chi connectivity index (χ1) is 12.0. The summed E-state index contributed by atoms with van der Waals surface area (Å²) in [6.07, 6.45) is 0. The molecule has 140 valence electrons. The van der Waals surface area contributed by atoms with Crippen LogP contribution < -0.4 is 9.46 Å². The molecule has 0 heterocycles. The van der Waals surface area contributed by atoms with Crippen molar-refractivity contribution in [2.75, 3.05) is 11.8 Å². The second-order valence-corrected chi connectivity index (χ2v) is 9.19. The lowest BCUT2D eigenvalue weighted by Crippen LogP contribution is -2.19. The van der Waals surface area contributed by atoms with E-state index in [9.17, 15) is 18.3 Å². The van der Waals surface area contributed by atoms with Crippen molar-refractivity contribution in [2.45, 2.75) is 31.1 Å². The van der Waals surface area contributed by atoms with Crippen LogP contribution in [0.15, 0.2) is 45.8 Å². The maximum atomic E-state index is 12.9. The van der Waals surface area contributed by atoms with Gasteiger partial charge in [-0.05, 0) is 35.2 Å². The molecule has 0 amide bonds. The minimum Gasteiger partial charge on any atom is -0.495 e. The van der Waals surface area contributed by atoms with E-state index in [1.165, 1.54) is 31.4 Å². The number of halogens is 1. The van der Waals surface area contributed by atoms with Crippen molar-refractivity contribution in [1.82, 2.24) is 0 Å². The molecule has 0 spiro atoms. The number of rotatable bonds is 5. The zero-order chi connectivity index (χ0) is 19.7. The normalized spacial score (nSPS) is 11.9. The van der Waals surface area contributed by atoms with Crippen molar-refractivity contribution in [3.8, 4) is 5.75 Å². The Hall–Kier alpha value is -2.06. The highest BCUT2D eigenvalue weighted by Crippen LogP contribution is 2.37. The number of hydrogen-bond donors (Lipinski definition) is 2. The monoisotopic (exact) mass is 441 g/mol. The van der Waals surface area contributed by atoms with E-state index in [0.29, 0.717) is 0 Å². The number of nitrogens with one attached hydrogen (secondary N) is 1. The fourth-order valence-electron chi connectivity index (χ4n) is 2.44. The number of benzene rings is 2. The topological polar surface area (TPSA) is 92.7 Å². The number of carboxylic acids is 1. The zero-order valence-corrected chi connectivity index (χ0v) is 17.2. The summed E-state index contributed by atoms with van der Waals surface area (Å²) in [7, 11) is -2.69. The van der Waals surface area contributed by atoms with Gasteiger partial charge in [-0.3, -0.25) is 4.72 Å². The summed E-state index contributed by atoms with van der Waals surface area (Å²) in [5, 5.41) is 9.26. The van der Waals surface area contributed by atoms with Gasteiger partial charge in [0, 0.05) is 4.47 Å². The van der Waals surface area contributed by atoms with Crippen LogP contribution in [0, 0.1) is 0 Å². The lowest BCUT2D eigenvalue weighted by Gasteiger charge is -2.23. The molecule has 26 heavy (non-hydrogen) atoms. The van der Waals surface area contributed by atoms with Crippen LogP contribution in [0.2, 0.25) is 0 Å². The molecule has 0 aliphatic rings. The molecular weight excluding hydrogens is 422 g/mol. The van der Waals surface area contributed by atoms with Crippen LogP contribution in [0.5, 0.6) is 5.75 Å². The van der Waals surface area contributed by atoms with Gasteiger partial charge >= 0.3 is 5.97 Å². The molecule has 0 atom stereocenters. The lowest BCUT2D eigenvalue weighted by atomic mass is 9.87. The molecule has 2 aromatic carbocycles. The van der Waals surface area contributed by atoms with Crippen LogP contribution in [0.1, 0.15) is 36.7 Å². The number of aromatic carboxylic acids is 1. The minimum atomic E-state index is -4.07. The maximum absolute atomic E-state index is 12.9. The Labute approximate surface area is 161 Å². The molecule has 0 aromatic heterocycles. The Morgan fingerprint density at radius 1 is 1.19 bits per heavy atom. The van der Waals surface area contributed by atoms with Crippen molar-refractivity contribution in [1.29, 1.82) is 0 Å². The third-order valence-electron chi connectivity index (χ3n) is 3.75. The summed E-state index contributed by atoms with van der Waals surface area (Å²) in [6, 6.07) is 8.95. The molecule has 0 saturated carbocycles. The predicted octanol–water partition coefficient (Wildman–Crippen LogP) is 4.25. The Morgan fingerprint density at radius 2 is 1.81 bits per heavy atom. The predicted molar refractivity (Wildman–Crippen MR) is 104 cm³/mol. The number of para-hydroxylation sites is 1. The van der Waals surface area contributed by atoms with Crippen molar-refractivity contribution in [3.63, 3.8) is 0 Å². The zero-order valence-electron chi connectivity index (χ0n) is 14.8. The maximum Gasteiger partial charge on any atom is 0.337 e. The Morgan fingerprint density at radius 3 is 2.35 bits per heavy atom. The van der Waals surface area contributed by atoms with Crippen LogP contribution in [0.25, 0.3) is 0 Å². The van der Waals surface area contributed by atoms with Crippen LogP contribution in [-0.4, -0.2) is 26.6 Å². The smallest absolute Gasteiger partial charge is 0.337 e. The van der Waals surface area contributed by atoms with Gasteiger partial charge in [0.25, 0.3) is 10.0 Å². The average molecular weight is 442 g/mol. The molecule has 0 unspecified atom stereocenters. The van der Waals surface area contributed by atoms with E-state index in [2.05, 4.69) is 20.7 Å². The number of anilines is 1. The van der Waals surface area contributed by atoms with Crippen molar-refractivity contribution in [3.05, 3.63) is 52.0 Å². The molecule has 2 aromatic rings. The van der Waals surface area contributed by atoms with Crippen molar-refractivity contribution < 1.29 is 23.1 Å². The Kier molecular flexibility index (Phi) is 5.67. The van der Waals surface area contributed by atoms with Gasteiger partial charge in [-0.1, -0.05) is 48.8 Å². The molecule has 6 nitrogen and oxygen atoms in total. The lowest BCUT2D eigenvalue weighted by molar-refractivity contribution is 0.0698. The standard InChI is InChI=1S/C18H20BrNO5S/c1-18(2,3)12-9-16(15(25-4)10-13(12)19)26(23,24)20-14-8-6-5-7-11(14)17(21)22/h5-10,20H,1-4H3,(H,21,22). The first kappa shape index (κ1) is 20.3. The second kappa shape index (κ2) is 7.28. The average Bonchev–Trinajstić information content (AvgIpc) is 2.52. The van der Waals surface area contributed by atoms with Gasteiger partial charge in [-0.2, -0.15) is 0 Å².